The fraction of sp³-hybridized carbons (Fsp3) is 0.917. The number of cyclic esters (lactones) is 1. The highest BCUT2D eigenvalue weighted by atomic mass is 16.6. The molecule has 1 unspecified atom stereocenters. The normalized spacial score (nSPS) is 28.5. The maximum atomic E-state index is 11.2. The number of hydrogen-bond acceptors (Lipinski definition) is 2. The van der Waals surface area contributed by atoms with Crippen molar-refractivity contribution in [2.75, 3.05) is 0 Å². The summed E-state index contributed by atoms with van der Waals surface area (Å²) in [5.74, 6) is 0.334. The third kappa shape index (κ3) is 2.28. The van der Waals surface area contributed by atoms with Crippen molar-refractivity contribution < 1.29 is 9.53 Å². The molecular formula is C12H24O2. The van der Waals surface area contributed by atoms with E-state index >= 15 is 0 Å². The van der Waals surface area contributed by atoms with Crippen molar-refractivity contribution in [2.45, 2.75) is 60.5 Å². The van der Waals surface area contributed by atoms with Crippen LogP contribution in [0.15, 0.2) is 0 Å². The maximum absolute atomic E-state index is 11.2. The molecule has 0 aliphatic carbocycles. The summed E-state index contributed by atoms with van der Waals surface area (Å²) in [6.07, 6.45) is 0.552. The van der Waals surface area contributed by atoms with Gasteiger partial charge in [0.1, 0.15) is 5.60 Å². The Bertz CT molecular complexity index is 204. The monoisotopic (exact) mass is 200 g/mol. The second kappa shape index (κ2) is 4.33. The summed E-state index contributed by atoms with van der Waals surface area (Å²) >= 11 is 0. The zero-order valence-electron chi connectivity index (χ0n) is 10.6. The average Bonchev–Trinajstić information content (AvgIpc) is 2.04. The fourth-order valence-corrected chi connectivity index (χ4v) is 1.56. The average molecular weight is 200 g/mol. The molecule has 1 rings (SSSR count). The van der Waals surface area contributed by atoms with E-state index in [-0.39, 0.29) is 17.0 Å². The number of rotatable bonds is 0. The molecule has 1 aliphatic heterocycles. The number of carbonyl (C=O) groups excluding carboxylic acids is 1. The molecule has 14 heavy (non-hydrogen) atoms. The van der Waals surface area contributed by atoms with Crippen LogP contribution in [0.5, 0.6) is 0 Å². The molecule has 0 aromatic carbocycles. The van der Waals surface area contributed by atoms with Crippen molar-refractivity contribution in [2.24, 2.45) is 11.3 Å². The molecule has 84 valence electrons. The minimum Gasteiger partial charge on any atom is -0.459 e. The van der Waals surface area contributed by atoms with Crippen LogP contribution in [0.25, 0.3) is 0 Å². The van der Waals surface area contributed by atoms with Crippen molar-refractivity contribution in [3.63, 3.8) is 0 Å². The highest BCUT2D eigenvalue weighted by molar-refractivity contribution is 5.71. The van der Waals surface area contributed by atoms with E-state index in [0.29, 0.717) is 12.3 Å². The standard InChI is InChI=1S/C10H18O2.C2H6/c1-7-6-8(11)12-10(4,5)9(7,2)3;1-2/h7H,6H2,1-5H3;1-2H3. The molecule has 0 bridgehead atoms. The number of ether oxygens (including phenoxy) is 1. The van der Waals surface area contributed by atoms with Crippen molar-refractivity contribution in [1.29, 1.82) is 0 Å². The summed E-state index contributed by atoms with van der Waals surface area (Å²) < 4.78 is 5.32. The molecule has 0 aromatic rings. The van der Waals surface area contributed by atoms with E-state index < -0.39 is 0 Å². The fourth-order valence-electron chi connectivity index (χ4n) is 1.56. The van der Waals surface area contributed by atoms with Gasteiger partial charge in [0.2, 0.25) is 0 Å². The molecular weight excluding hydrogens is 176 g/mol. The van der Waals surface area contributed by atoms with E-state index in [0.717, 1.165) is 0 Å². The molecule has 1 fully saturated rings. The Balaban J connectivity index is 0.000000791. The molecule has 0 aromatic heterocycles. The van der Waals surface area contributed by atoms with E-state index in [2.05, 4.69) is 20.8 Å². The number of carbonyl (C=O) groups is 1. The van der Waals surface area contributed by atoms with Crippen LogP contribution in [0.4, 0.5) is 0 Å². The largest absolute Gasteiger partial charge is 0.459 e. The van der Waals surface area contributed by atoms with E-state index in [9.17, 15) is 4.79 Å². The molecule has 2 nitrogen and oxygen atoms in total. The van der Waals surface area contributed by atoms with Gasteiger partial charge in [0.05, 0.1) is 0 Å². The van der Waals surface area contributed by atoms with Crippen LogP contribution < -0.4 is 0 Å². The number of esters is 1. The smallest absolute Gasteiger partial charge is 0.306 e. The van der Waals surface area contributed by atoms with Crippen LogP contribution in [-0.2, 0) is 9.53 Å². The Kier molecular flexibility index (Phi) is 4.16. The molecule has 0 N–H and O–H groups in total. The van der Waals surface area contributed by atoms with Gasteiger partial charge in [-0.15, -0.1) is 0 Å². The zero-order valence-corrected chi connectivity index (χ0v) is 10.6. The molecule has 0 radical (unpaired) electrons. The Morgan fingerprint density at radius 3 is 2.00 bits per heavy atom. The molecule has 1 saturated heterocycles. The summed E-state index contributed by atoms with van der Waals surface area (Å²) in [6, 6.07) is 0. The number of hydrogen-bond donors (Lipinski definition) is 0. The first-order valence-corrected chi connectivity index (χ1v) is 5.49. The van der Waals surface area contributed by atoms with Crippen molar-refractivity contribution in [1.82, 2.24) is 0 Å². The SMILES string of the molecule is CC.CC1CC(=O)OC(C)(C)C1(C)C. The van der Waals surface area contributed by atoms with Crippen LogP contribution in [0.2, 0.25) is 0 Å². The van der Waals surface area contributed by atoms with Crippen LogP contribution in [0, 0.1) is 11.3 Å². The maximum Gasteiger partial charge on any atom is 0.306 e. The van der Waals surface area contributed by atoms with Crippen molar-refractivity contribution in [3.05, 3.63) is 0 Å². The summed E-state index contributed by atoms with van der Waals surface area (Å²) in [5.41, 5.74) is -0.261. The predicted molar refractivity (Wildman–Crippen MR) is 59.1 cm³/mol. The van der Waals surface area contributed by atoms with E-state index in [1.54, 1.807) is 0 Å². The summed E-state index contributed by atoms with van der Waals surface area (Å²) in [7, 11) is 0. The first kappa shape index (κ1) is 13.5. The van der Waals surface area contributed by atoms with Gasteiger partial charge in [-0.25, -0.2) is 0 Å². The molecule has 0 saturated carbocycles. The van der Waals surface area contributed by atoms with Crippen LogP contribution in [-0.4, -0.2) is 11.6 Å². The van der Waals surface area contributed by atoms with E-state index in [1.807, 2.05) is 27.7 Å². The van der Waals surface area contributed by atoms with Crippen molar-refractivity contribution >= 4 is 5.97 Å². The zero-order chi connectivity index (χ0) is 11.6. The van der Waals surface area contributed by atoms with Gasteiger partial charge in [-0.05, 0) is 19.8 Å². The van der Waals surface area contributed by atoms with Gasteiger partial charge in [0, 0.05) is 11.8 Å². The van der Waals surface area contributed by atoms with Gasteiger partial charge in [-0.1, -0.05) is 34.6 Å². The quantitative estimate of drug-likeness (QED) is 0.560. The predicted octanol–water partition coefficient (Wildman–Crippen LogP) is 3.40. The summed E-state index contributed by atoms with van der Waals surface area (Å²) in [4.78, 5) is 11.2. The molecule has 1 heterocycles. The first-order chi connectivity index (χ1) is 6.27. The summed E-state index contributed by atoms with van der Waals surface area (Å²) in [5, 5.41) is 0. The van der Waals surface area contributed by atoms with Crippen molar-refractivity contribution in [3.8, 4) is 0 Å². The molecule has 0 spiro atoms. The first-order valence-electron chi connectivity index (χ1n) is 5.49. The Hall–Kier alpha value is -0.530. The lowest BCUT2D eigenvalue weighted by atomic mass is 9.66. The lowest BCUT2D eigenvalue weighted by Gasteiger charge is -2.48. The minimum absolute atomic E-state index is 0.0631. The van der Waals surface area contributed by atoms with E-state index in [1.165, 1.54) is 0 Å². The van der Waals surface area contributed by atoms with E-state index in [4.69, 9.17) is 4.74 Å². The molecule has 0 amide bonds. The summed E-state index contributed by atoms with van der Waals surface area (Å²) in [6.45, 7) is 14.4. The third-order valence-electron chi connectivity index (χ3n) is 3.63. The molecule has 1 atom stereocenters. The highest BCUT2D eigenvalue weighted by Crippen LogP contribution is 2.45. The van der Waals surface area contributed by atoms with Gasteiger partial charge in [-0.2, -0.15) is 0 Å². The van der Waals surface area contributed by atoms with Gasteiger partial charge < -0.3 is 4.74 Å². The Morgan fingerprint density at radius 1 is 1.21 bits per heavy atom. The van der Waals surface area contributed by atoms with Crippen LogP contribution in [0.3, 0.4) is 0 Å². The topological polar surface area (TPSA) is 26.3 Å². The minimum atomic E-state index is -0.332. The van der Waals surface area contributed by atoms with Gasteiger partial charge in [-0.3, -0.25) is 4.79 Å². The second-order valence-electron chi connectivity index (χ2n) is 4.81. The molecule has 2 heteroatoms. The third-order valence-corrected chi connectivity index (χ3v) is 3.63. The lowest BCUT2D eigenvalue weighted by molar-refractivity contribution is -0.190. The molecule has 1 aliphatic rings. The van der Waals surface area contributed by atoms with Crippen LogP contribution in [0.1, 0.15) is 54.9 Å². The Morgan fingerprint density at radius 2 is 1.64 bits per heavy atom. The Labute approximate surface area is 88.0 Å². The highest BCUT2D eigenvalue weighted by Gasteiger charge is 2.48. The van der Waals surface area contributed by atoms with Crippen LogP contribution >= 0.6 is 0 Å². The van der Waals surface area contributed by atoms with Gasteiger partial charge in [0.25, 0.3) is 0 Å². The lowest BCUT2D eigenvalue weighted by Crippen LogP contribution is -2.51. The second-order valence-corrected chi connectivity index (χ2v) is 4.81. The van der Waals surface area contributed by atoms with Gasteiger partial charge in [0.15, 0.2) is 0 Å². The van der Waals surface area contributed by atoms with Gasteiger partial charge >= 0.3 is 5.97 Å².